The van der Waals surface area contributed by atoms with E-state index in [1.165, 1.54) is 12.1 Å². The van der Waals surface area contributed by atoms with Crippen molar-refractivity contribution in [3.63, 3.8) is 0 Å². The van der Waals surface area contributed by atoms with Crippen LogP contribution in [0.2, 0.25) is 5.02 Å². The van der Waals surface area contributed by atoms with Gasteiger partial charge in [0.05, 0.1) is 5.69 Å². The van der Waals surface area contributed by atoms with Crippen molar-refractivity contribution in [1.29, 1.82) is 0 Å². The minimum atomic E-state index is -0.266. The van der Waals surface area contributed by atoms with Gasteiger partial charge >= 0.3 is 0 Å². The summed E-state index contributed by atoms with van der Waals surface area (Å²) in [5.41, 5.74) is 1.33. The van der Waals surface area contributed by atoms with Crippen molar-refractivity contribution in [3.05, 3.63) is 94.8 Å². The number of amides is 1. The van der Waals surface area contributed by atoms with Crippen molar-refractivity contribution < 1.29 is 14.0 Å². The Morgan fingerprint density at radius 2 is 1.69 bits per heavy atom. The maximum Gasteiger partial charge on any atom is 0.224 e. The zero-order chi connectivity index (χ0) is 20.6. The quantitative estimate of drug-likeness (QED) is 0.263. The minimum absolute atomic E-state index is 0.172. The Morgan fingerprint density at radius 3 is 2.41 bits per heavy atom. The lowest BCUT2D eigenvalue weighted by Crippen LogP contribution is -2.15. The number of carbonyl (C=O) groups is 2. The van der Waals surface area contributed by atoms with Gasteiger partial charge in [0.25, 0.3) is 0 Å². The SMILES string of the molecule is O=C(CCCSc1ccc(F)cc1)Nc1ccc(Cl)cc1C(=O)c1ccccc1. The van der Waals surface area contributed by atoms with Crippen LogP contribution in [0.4, 0.5) is 10.1 Å². The fraction of sp³-hybridized carbons (Fsp3) is 0.130. The molecule has 3 rings (SSSR count). The van der Waals surface area contributed by atoms with Gasteiger partial charge in [-0.05, 0) is 54.6 Å². The van der Waals surface area contributed by atoms with E-state index < -0.39 is 0 Å². The normalized spacial score (nSPS) is 10.6. The van der Waals surface area contributed by atoms with Gasteiger partial charge in [-0.3, -0.25) is 9.59 Å². The third-order valence-electron chi connectivity index (χ3n) is 4.17. The first-order chi connectivity index (χ1) is 14.0. The third kappa shape index (κ3) is 6.17. The molecule has 1 N–H and O–H groups in total. The van der Waals surface area contributed by atoms with Gasteiger partial charge in [0.1, 0.15) is 5.82 Å². The molecule has 0 bridgehead atoms. The summed E-state index contributed by atoms with van der Waals surface area (Å²) in [6.07, 6.45) is 0.971. The van der Waals surface area contributed by atoms with E-state index in [0.29, 0.717) is 34.7 Å². The number of hydrogen-bond donors (Lipinski definition) is 1. The minimum Gasteiger partial charge on any atom is -0.325 e. The maximum absolute atomic E-state index is 12.9. The molecular formula is C23H19ClFNO2S. The fourth-order valence-electron chi connectivity index (χ4n) is 2.72. The van der Waals surface area contributed by atoms with Gasteiger partial charge < -0.3 is 5.32 Å². The summed E-state index contributed by atoms with van der Waals surface area (Å²) in [6.45, 7) is 0. The van der Waals surface area contributed by atoms with E-state index in [-0.39, 0.29) is 17.5 Å². The van der Waals surface area contributed by atoms with Crippen LogP contribution in [0.15, 0.2) is 77.7 Å². The maximum atomic E-state index is 12.9. The number of carbonyl (C=O) groups excluding carboxylic acids is 2. The van der Waals surface area contributed by atoms with E-state index in [1.54, 1.807) is 66.4 Å². The number of nitrogens with one attached hydrogen (secondary N) is 1. The summed E-state index contributed by atoms with van der Waals surface area (Å²) in [7, 11) is 0. The van der Waals surface area contributed by atoms with Gasteiger partial charge in [0.15, 0.2) is 5.78 Å². The van der Waals surface area contributed by atoms with Crippen molar-refractivity contribution in [2.24, 2.45) is 0 Å². The molecule has 0 aliphatic rings. The van der Waals surface area contributed by atoms with Crippen molar-refractivity contribution >= 4 is 40.7 Å². The molecule has 3 aromatic carbocycles. The summed E-state index contributed by atoms with van der Waals surface area (Å²) in [5, 5.41) is 3.25. The highest BCUT2D eigenvalue weighted by Crippen LogP contribution is 2.24. The highest BCUT2D eigenvalue weighted by atomic mass is 35.5. The van der Waals surface area contributed by atoms with Crippen LogP contribution in [0.1, 0.15) is 28.8 Å². The molecule has 0 atom stereocenters. The van der Waals surface area contributed by atoms with Gasteiger partial charge in [-0.15, -0.1) is 11.8 Å². The van der Waals surface area contributed by atoms with Crippen LogP contribution in [0, 0.1) is 5.82 Å². The van der Waals surface area contributed by atoms with E-state index in [2.05, 4.69) is 5.32 Å². The molecule has 148 valence electrons. The number of ketones is 1. The second-order valence-corrected chi connectivity index (χ2v) is 7.94. The molecule has 3 aromatic rings. The molecule has 0 aliphatic carbocycles. The van der Waals surface area contributed by atoms with Crippen LogP contribution in [-0.4, -0.2) is 17.4 Å². The Kier molecular flexibility index (Phi) is 7.44. The van der Waals surface area contributed by atoms with E-state index in [0.717, 1.165) is 10.6 Å². The first kappa shape index (κ1) is 21.1. The molecule has 0 radical (unpaired) electrons. The summed E-state index contributed by atoms with van der Waals surface area (Å²) >= 11 is 7.63. The van der Waals surface area contributed by atoms with Crippen LogP contribution < -0.4 is 5.32 Å². The molecule has 0 fully saturated rings. The predicted molar refractivity (Wildman–Crippen MR) is 116 cm³/mol. The number of thioether (sulfide) groups is 1. The Morgan fingerprint density at radius 1 is 0.966 bits per heavy atom. The number of hydrogen-bond acceptors (Lipinski definition) is 3. The second-order valence-electron chi connectivity index (χ2n) is 6.34. The molecule has 29 heavy (non-hydrogen) atoms. The molecule has 6 heteroatoms. The first-order valence-corrected chi connectivity index (χ1v) is 10.5. The molecule has 3 nitrogen and oxygen atoms in total. The van der Waals surface area contributed by atoms with Crippen LogP contribution in [0.5, 0.6) is 0 Å². The third-order valence-corrected chi connectivity index (χ3v) is 5.50. The number of halogens is 2. The number of benzene rings is 3. The Bertz CT molecular complexity index is 994. The lowest BCUT2D eigenvalue weighted by molar-refractivity contribution is -0.116. The fourth-order valence-corrected chi connectivity index (χ4v) is 3.75. The average molecular weight is 428 g/mol. The molecule has 0 aromatic heterocycles. The zero-order valence-corrected chi connectivity index (χ0v) is 17.1. The van der Waals surface area contributed by atoms with Crippen LogP contribution in [-0.2, 0) is 4.79 Å². The first-order valence-electron chi connectivity index (χ1n) is 9.10. The van der Waals surface area contributed by atoms with Crippen molar-refractivity contribution in [1.82, 2.24) is 0 Å². The van der Waals surface area contributed by atoms with Gasteiger partial charge in [0, 0.05) is 27.5 Å². The second kappa shape index (κ2) is 10.2. The lowest BCUT2D eigenvalue weighted by atomic mass is 10.0. The van der Waals surface area contributed by atoms with E-state index in [4.69, 9.17) is 11.6 Å². The zero-order valence-electron chi connectivity index (χ0n) is 15.5. The van der Waals surface area contributed by atoms with E-state index >= 15 is 0 Å². The molecule has 0 saturated heterocycles. The van der Waals surface area contributed by atoms with Crippen molar-refractivity contribution in [2.75, 3.05) is 11.1 Å². The molecule has 0 heterocycles. The Balaban J connectivity index is 1.58. The molecule has 0 aliphatic heterocycles. The Hall–Kier alpha value is -2.63. The Labute approximate surface area is 178 Å². The van der Waals surface area contributed by atoms with Crippen molar-refractivity contribution in [3.8, 4) is 0 Å². The van der Waals surface area contributed by atoms with E-state index in [1.807, 2.05) is 6.07 Å². The average Bonchev–Trinajstić information content (AvgIpc) is 2.74. The monoisotopic (exact) mass is 427 g/mol. The van der Waals surface area contributed by atoms with Gasteiger partial charge in [0.2, 0.25) is 5.91 Å². The molecule has 0 spiro atoms. The largest absolute Gasteiger partial charge is 0.325 e. The molecule has 0 saturated carbocycles. The summed E-state index contributed by atoms with van der Waals surface area (Å²) in [5.74, 6) is 0.0945. The summed E-state index contributed by atoms with van der Waals surface area (Å²) in [6, 6.07) is 20.0. The van der Waals surface area contributed by atoms with Gasteiger partial charge in [-0.2, -0.15) is 0 Å². The molecule has 0 unspecified atom stereocenters. The highest BCUT2D eigenvalue weighted by molar-refractivity contribution is 7.99. The smallest absolute Gasteiger partial charge is 0.224 e. The van der Waals surface area contributed by atoms with Gasteiger partial charge in [-0.1, -0.05) is 41.9 Å². The summed E-state index contributed by atoms with van der Waals surface area (Å²) in [4.78, 5) is 26.1. The predicted octanol–water partition coefficient (Wildman–Crippen LogP) is 6.22. The van der Waals surface area contributed by atoms with Gasteiger partial charge in [-0.25, -0.2) is 4.39 Å². The van der Waals surface area contributed by atoms with Crippen molar-refractivity contribution in [2.45, 2.75) is 17.7 Å². The number of rotatable bonds is 8. The standard InChI is InChI=1S/C23H19ClFNO2S/c24-17-8-13-21(20(15-17)23(28)16-5-2-1-3-6-16)26-22(27)7-4-14-29-19-11-9-18(25)10-12-19/h1-3,5-6,8-13,15H,4,7,14H2,(H,26,27). The highest BCUT2D eigenvalue weighted by Gasteiger charge is 2.16. The molecular weight excluding hydrogens is 409 g/mol. The topological polar surface area (TPSA) is 46.2 Å². The summed E-state index contributed by atoms with van der Waals surface area (Å²) < 4.78 is 12.9. The van der Waals surface area contributed by atoms with Crippen LogP contribution in [0.25, 0.3) is 0 Å². The van der Waals surface area contributed by atoms with E-state index in [9.17, 15) is 14.0 Å². The van der Waals surface area contributed by atoms with Crippen LogP contribution >= 0.6 is 23.4 Å². The molecule has 1 amide bonds. The lowest BCUT2D eigenvalue weighted by Gasteiger charge is -2.11. The van der Waals surface area contributed by atoms with Crippen LogP contribution in [0.3, 0.4) is 0 Å². The number of anilines is 1.